The first-order chi connectivity index (χ1) is 7.29. The van der Waals surface area contributed by atoms with Crippen LogP contribution < -0.4 is 16.4 Å². The zero-order valence-corrected chi connectivity index (χ0v) is 9.84. The largest absolute Gasteiger partial charge is 0.330 e. The Kier molecular flexibility index (Phi) is 4.00. The molecule has 0 spiro atoms. The molecule has 2 heterocycles. The minimum atomic E-state index is 0.710. The van der Waals surface area contributed by atoms with E-state index < -0.39 is 0 Å². The average Bonchev–Trinajstić information content (AvgIpc) is 2.29. The molecule has 2 aliphatic heterocycles. The summed E-state index contributed by atoms with van der Waals surface area (Å²) in [5, 5.41) is 7.08. The van der Waals surface area contributed by atoms with Crippen LogP contribution in [0.2, 0.25) is 0 Å². The standard InChI is InChI=1S/C12H25N3/c1-9-4-11(2-3-15-9)12-5-10(6-13)7-14-8-12/h9-12,14-15H,2-8,13H2,1H3. The molecule has 0 bridgehead atoms. The second kappa shape index (κ2) is 5.28. The summed E-state index contributed by atoms with van der Waals surface area (Å²) >= 11 is 0. The molecule has 0 aliphatic carbocycles. The van der Waals surface area contributed by atoms with Gasteiger partial charge in [-0.3, -0.25) is 0 Å². The highest BCUT2D eigenvalue weighted by atomic mass is 14.9. The topological polar surface area (TPSA) is 50.1 Å². The maximum Gasteiger partial charge on any atom is 0.00414 e. The third-order valence-corrected chi connectivity index (χ3v) is 4.14. The lowest BCUT2D eigenvalue weighted by Crippen LogP contribution is -2.46. The third kappa shape index (κ3) is 2.92. The van der Waals surface area contributed by atoms with Gasteiger partial charge >= 0.3 is 0 Å². The third-order valence-electron chi connectivity index (χ3n) is 4.14. The van der Waals surface area contributed by atoms with Gasteiger partial charge in [0.2, 0.25) is 0 Å². The van der Waals surface area contributed by atoms with Crippen LogP contribution >= 0.6 is 0 Å². The molecule has 15 heavy (non-hydrogen) atoms. The molecule has 0 aromatic carbocycles. The Hall–Kier alpha value is -0.120. The molecule has 0 radical (unpaired) electrons. The molecule has 2 fully saturated rings. The number of rotatable bonds is 2. The van der Waals surface area contributed by atoms with Crippen molar-refractivity contribution in [2.45, 2.75) is 32.2 Å². The molecule has 4 unspecified atom stereocenters. The van der Waals surface area contributed by atoms with Gasteiger partial charge in [0.25, 0.3) is 0 Å². The summed E-state index contributed by atoms with van der Waals surface area (Å²) in [6.07, 6.45) is 4.05. The van der Waals surface area contributed by atoms with Gasteiger partial charge in [0, 0.05) is 6.04 Å². The number of nitrogens with two attached hydrogens (primary N) is 1. The molecule has 2 saturated heterocycles. The first-order valence-electron chi connectivity index (χ1n) is 6.43. The van der Waals surface area contributed by atoms with Crippen LogP contribution in [0.4, 0.5) is 0 Å². The minimum absolute atomic E-state index is 0.710. The second-order valence-electron chi connectivity index (χ2n) is 5.40. The van der Waals surface area contributed by atoms with Crippen LogP contribution in [0.15, 0.2) is 0 Å². The van der Waals surface area contributed by atoms with E-state index in [-0.39, 0.29) is 0 Å². The zero-order valence-electron chi connectivity index (χ0n) is 9.84. The number of hydrogen-bond acceptors (Lipinski definition) is 3. The van der Waals surface area contributed by atoms with Gasteiger partial charge in [0.1, 0.15) is 0 Å². The fourth-order valence-corrected chi connectivity index (χ4v) is 3.20. The molecular weight excluding hydrogens is 186 g/mol. The summed E-state index contributed by atoms with van der Waals surface area (Å²) in [4.78, 5) is 0. The Balaban J connectivity index is 1.86. The number of piperidine rings is 2. The van der Waals surface area contributed by atoms with Crippen molar-refractivity contribution in [1.29, 1.82) is 0 Å². The molecule has 0 amide bonds. The van der Waals surface area contributed by atoms with Crippen LogP contribution in [0.5, 0.6) is 0 Å². The van der Waals surface area contributed by atoms with Crippen LogP contribution in [0.3, 0.4) is 0 Å². The SMILES string of the molecule is CC1CC(C2CNCC(CN)C2)CCN1. The van der Waals surface area contributed by atoms with E-state index in [1.165, 1.54) is 32.4 Å². The molecule has 88 valence electrons. The molecule has 3 nitrogen and oxygen atoms in total. The molecule has 0 aromatic rings. The van der Waals surface area contributed by atoms with Crippen LogP contribution in [0.1, 0.15) is 26.2 Å². The van der Waals surface area contributed by atoms with Gasteiger partial charge in [-0.15, -0.1) is 0 Å². The summed E-state index contributed by atoms with van der Waals surface area (Å²) in [7, 11) is 0. The van der Waals surface area contributed by atoms with Gasteiger partial charge < -0.3 is 16.4 Å². The van der Waals surface area contributed by atoms with E-state index in [4.69, 9.17) is 5.73 Å². The zero-order chi connectivity index (χ0) is 10.7. The molecule has 0 saturated carbocycles. The Morgan fingerprint density at radius 3 is 2.80 bits per heavy atom. The van der Waals surface area contributed by atoms with E-state index in [9.17, 15) is 0 Å². The van der Waals surface area contributed by atoms with E-state index in [1.54, 1.807) is 0 Å². The smallest absolute Gasteiger partial charge is 0.00414 e. The Bertz CT molecular complexity index is 195. The van der Waals surface area contributed by atoms with E-state index in [0.29, 0.717) is 12.0 Å². The Morgan fingerprint density at radius 2 is 2.07 bits per heavy atom. The van der Waals surface area contributed by atoms with E-state index in [1.807, 2.05) is 0 Å². The van der Waals surface area contributed by atoms with Crippen molar-refractivity contribution in [1.82, 2.24) is 10.6 Å². The van der Waals surface area contributed by atoms with Crippen molar-refractivity contribution < 1.29 is 0 Å². The molecule has 3 heteroatoms. The summed E-state index contributed by atoms with van der Waals surface area (Å²) in [5.74, 6) is 2.51. The van der Waals surface area contributed by atoms with Crippen LogP contribution in [-0.4, -0.2) is 32.2 Å². The van der Waals surface area contributed by atoms with Crippen LogP contribution in [0.25, 0.3) is 0 Å². The van der Waals surface area contributed by atoms with Crippen molar-refractivity contribution in [2.24, 2.45) is 23.5 Å². The van der Waals surface area contributed by atoms with E-state index in [0.717, 1.165) is 24.9 Å². The van der Waals surface area contributed by atoms with Gasteiger partial charge in [-0.2, -0.15) is 0 Å². The molecular formula is C12H25N3. The van der Waals surface area contributed by atoms with Crippen molar-refractivity contribution in [2.75, 3.05) is 26.2 Å². The highest BCUT2D eigenvalue weighted by Gasteiger charge is 2.30. The van der Waals surface area contributed by atoms with Gasteiger partial charge in [0.15, 0.2) is 0 Å². The van der Waals surface area contributed by atoms with Crippen molar-refractivity contribution in [3.63, 3.8) is 0 Å². The monoisotopic (exact) mass is 211 g/mol. The normalized spacial score (nSPS) is 42.8. The summed E-state index contributed by atoms with van der Waals surface area (Å²) < 4.78 is 0. The van der Waals surface area contributed by atoms with Gasteiger partial charge in [0.05, 0.1) is 0 Å². The Labute approximate surface area is 93.2 Å². The van der Waals surface area contributed by atoms with Crippen LogP contribution in [0, 0.1) is 17.8 Å². The minimum Gasteiger partial charge on any atom is -0.330 e. The van der Waals surface area contributed by atoms with Crippen molar-refractivity contribution in [3.05, 3.63) is 0 Å². The molecule has 0 aromatic heterocycles. The first kappa shape index (κ1) is 11.4. The molecule has 2 rings (SSSR count). The van der Waals surface area contributed by atoms with E-state index >= 15 is 0 Å². The summed E-state index contributed by atoms with van der Waals surface area (Å²) in [5.41, 5.74) is 5.77. The highest BCUT2D eigenvalue weighted by Crippen LogP contribution is 2.30. The Morgan fingerprint density at radius 1 is 1.20 bits per heavy atom. The lowest BCUT2D eigenvalue weighted by Gasteiger charge is -2.38. The van der Waals surface area contributed by atoms with Gasteiger partial charge in [-0.05, 0) is 70.1 Å². The molecule has 4 N–H and O–H groups in total. The fourth-order valence-electron chi connectivity index (χ4n) is 3.20. The van der Waals surface area contributed by atoms with Crippen molar-refractivity contribution in [3.8, 4) is 0 Å². The summed E-state index contributed by atoms with van der Waals surface area (Å²) in [6, 6.07) is 0.710. The predicted molar refractivity (Wildman–Crippen MR) is 63.7 cm³/mol. The maximum atomic E-state index is 5.77. The fraction of sp³-hybridized carbons (Fsp3) is 1.00. The van der Waals surface area contributed by atoms with E-state index in [2.05, 4.69) is 17.6 Å². The highest BCUT2D eigenvalue weighted by molar-refractivity contribution is 4.85. The predicted octanol–water partition coefficient (Wildman–Crippen LogP) is 0.559. The maximum absolute atomic E-state index is 5.77. The first-order valence-corrected chi connectivity index (χ1v) is 6.43. The molecule has 2 aliphatic rings. The quantitative estimate of drug-likeness (QED) is 0.625. The van der Waals surface area contributed by atoms with Crippen LogP contribution in [-0.2, 0) is 0 Å². The number of hydrogen-bond donors (Lipinski definition) is 3. The van der Waals surface area contributed by atoms with Gasteiger partial charge in [-0.25, -0.2) is 0 Å². The number of nitrogens with one attached hydrogen (secondary N) is 2. The second-order valence-corrected chi connectivity index (χ2v) is 5.40. The lowest BCUT2D eigenvalue weighted by atomic mass is 9.76. The molecule has 4 atom stereocenters. The lowest BCUT2D eigenvalue weighted by molar-refractivity contribution is 0.165. The summed E-state index contributed by atoms with van der Waals surface area (Å²) in [6.45, 7) is 6.71. The van der Waals surface area contributed by atoms with Gasteiger partial charge in [-0.1, -0.05) is 0 Å². The average molecular weight is 211 g/mol. The van der Waals surface area contributed by atoms with Crippen molar-refractivity contribution >= 4 is 0 Å².